The van der Waals surface area contributed by atoms with Gasteiger partial charge in [0, 0.05) is 27.1 Å². The summed E-state index contributed by atoms with van der Waals surface area (Å²) in [5.41, 5.74) is 2.67. The Morgan fingerprint density at radius 3 is 2.21 bits per heavy atom. The molecule has 0 atom stereocenters. The number of benzene rings is 3. The Bertz CT molecular complexity index is 989. The summed E-state index contributed by atoms with van der Waals surface area (Å²) in [5, 5.41) is 8.68. The first-order valence-electron chi connectivity index (χ1n) is 8.88. The van der Waals surface area contributed by atoms with E-state index in [0.717, 1.165) is 21.6 Å². The summed E-state index contributed by atoms with van der Waals surface area (Å²) >= 11 is 3.37. The molecule has 0 spiro atoms. The Balaban J connectivity index is 1.51. The SMILES string of the molecule is COc1ccc(NC(=O)c2ccc(NCC(=O)Nc3cccc(Br)c3)cc2)cc1. The van der Waals surface area contributed by atoms with Crippen molar-refractivity contribution < 1.29 is 14.3 Å². The largest absolute Gasteiger partial charge is 0.497 e. The van der Waals surface area contributed by atoms with E-state index in [-0.39, 0.29) is 18.4 Å². The molecule has 0 radical (unpaired) electrons. The predicted molar refractivity (Wildman–Crippen MR) is 119 cm³/mol. The first-order chi connectivity index (χ1) is 14.0. The molecular weight excluding hydrogens is 434 g/mol. The van der Waals surface area contributed by atoms with Crippen molar-refractivity contribution in [1.82, 2.24) is 0 Å². The molecule has 2 amide bonds. The highest BCUT2D eigenvalue weighted by molar-refractivity contribution is 9.10. The van der Waals surface area contributed by atoms with Gasteiger partial charge in [-0.25, -0.2) is 0 Å². The lowest BCUT2D eigenvalue weighted by Crippen LogP contribution is -2.21. The van der Waals surface area contributed by atoms with Gasteiger partial charge < -0.3 is 20.7 Å². The second kappa shape index (κ2) is 9.75. The second-order valence-electron chi connectivity index (χ2n) is 6.17. The lowest BCUT2D eigenvalue weighted by molar-refractivity contribution is -0.114. The van der Waals surface area contributed by atoms with Gasteiger partial charge in [0.1, 0.15) is 5.75 Å². The fourth-order valence-corrected chi connectivity index (χ4v) is 2.97. The van der Waals surface area contributed by atoms with Gasteiger partial charge in [-0.2, -0.15) is 0 Å². The van der Waals surface area contributed by atoms with E-state index in [4.69, 9.17) is 4.74 Å². The van der Waals surface area contributed by atoms with Crippen LogP contribution in [0.25, 0.3) is 0 Å². The average Bonchev–Trinajstić information content (AvgIpc) is 2.73. The fourth-order valence-electron chi connectivity index (χ4n) is 2.57. The number of carbonyl (C=O) groups excluding carboxylic acids is 2. The second-order valence-corrected chi connectivity index (χ2v) is 7.09. The zero-order valence-corrected chi connectivity index (χ0v) is 17.3. The Morgan fingerprint density at radius 2 is 1.55 bits per heavy atom. The van der Waals surface area contributed by atoms with Crippen LogP contribution >= 0.6 is 15.9 Å². The van der Waals surface area contributed by atoms with Gasteiger partial charge in [-0.15, -0.1) is 0 Å². The third-order valence-corrected chi connectivity index (χ3v) is 4.55. The van der Waals surface area contributed by atoms with Crippen LogP contribution in [0.2, 0.25) is 0 Å². The van der Waals surface area contributed by atoms with Crippen LogP contribution in [0.4, 0.5) is 17.1 Å². The van der Waals surface area contributed by atoms with Crippen LogP contribution in [0.5, 0.6) is 5.75 Å². The van der Waals surface area contributed by atoms with Gasteiger partial charge in [0.15, 0.2) is 0 Å². The third kappa shape index (κ3) is 6.08. The van der Waals surface area contributed by atoms with E-state index < -0.39 is 0 Å². The molecule has 3 rings (SSSR count). The van der Waals surface area contributed by atoms with E-state index in [0.29, 0.717) is 11.3 Å². The smallest absolute Gasteiger partial charge is 0.255 e. The Kier molecular flexibility index (Phi) is 6.86. The number of anilines is 3. The highest BCUT2D eigenvalue weighted by Crippen LogP contribution is 2.17. The number of carbonyl (C=O) groups is 2. The van der Waals surface area contributed by atoms with Crippen LogP contribution in [0.1, 0.15) is 10.4 Å². The van der Waals surface area contributed by atoms with E-state index in [2.05, 4.69) is 31.9 Å². The topological polar surface area (TPSA) is 79.5 Å². The average molecular weight is 454 g/mol. The van der Waals surface area contributed by atoms with Crippen molar-refractivity contribution in [1.29, 1.82) is 0 Å². The zero-order valence-electron chi connectivity index (χ0n) is 15.7. The Labute approximate surface area is 177 Å². The highest BCUT2D eigenvalue weighted by Gasteiger charge is 2.07. The lowest BCUT2D eigenvalue weighted by Gasteiger charge is -2.09. The molecule has 3 aromatic carbocycles. The van der Waals surface area contributed by atoms with E-state index in [1.54, 1.807) is 55.6 Å². The number of rotatable bonds is 7. The van der Waals surface area contributed by atoms with Crippen LogP contribution in [-0.4, -0.2) is 25.5 Å². The fraction of sp³-hybridized carbons (Fsp3) is 0.0909. The van der Waals surface area contributed by atoms with Crippen molar-refractivity contribution in [3.63, 3.8) is 0 Å². The van der Waals surface area contributed by atoms with Gasteiger partial charge in [0.05, 0.1) is 13.7 Å². The van der Waals surface area contributed by atoms with Crippen LogP contribution in [0.15, 0.2) is 77.3 Å². The Morgan fingerprint density at radius 1 is 0.862 bits per heavy atom. The molecule has 7 heteroatoms. The standard InChI is InChI=1S/C22H20BrN3O3/c1-29-20-11-9-18(10-12-20)26-22(28)15-5-7-17(8-6-15)24-14-21(27)25-19-4-2-3-16(23)13-19/h2-13,24H,14H2,1H3,(H,25,27)(H,26,28). The number of hydrogen-bond donors (Lipinski definition) is 3. The molecule has 0 aliphatic heterocycles. The molecule has 0 aliphatic rings. The summed E-state index contributed by atoms with van der Waals surface area (Å²) in [7, 11) is 1.59. The highest BCUT2D eigenvalue weighted by atomic mass is 79.9. The van der Waals surface area contributed by atoms with Crippen LogP contribution in [0.3, 0.4) is 0 Å². The summed E-state index contributed by atoms with van der Waals surface area (Å²) in [6.07, 6.45) is 0. The first-order valence-corrected chi connectivity index (χ1v) is 9.67. The monoisotopic (exact) mass is 453 g/mol. The van der Waals surface area contributed by atoms with Crippen molar-refractivity contribution >= 4 is 44.8 Å². The minimum atomic E-state index is -0.214. The zero-order chi connectivity index (χ0) is 20.6. The molecule has 29 heavy (non-hydrogen) atoms. The summed E-state index contributed by atoms with van der Waals surface area (Å²) < 4.78 is 6.00. The van der Waals surface area contributed by atoms with Crippen molar-refractivity contribution in [3.8, 4) is 5.75 Å². The van der Waals surface area contributed by atoms with E-state index in [9.17, 15) is 9.59 Å². The maximum Gasteiger partial charge on any atom is 0.255 e. The normalized spacial score (nSPS) is 10.1. The van der Waals surface area contributed by atoms with Gasteiger partial charge in [-0.1, -0.05) is 22.0 Å². The number of nitrogens with one attached hydrogen (secondary N) is 3. The summed E-state index contributed by atoms with van der Waals surface area (Å²) in [5.74, 6) is 0.348. The number of amides is 2. The molecule has 0 aromatic heterocycles. The molecule has 0 fully saturated rings. The molecule has 0 saturated heterocycles. The van der Waals surface area contributed by atoms with Crippen LogP contribution in [-0.2, 0) is 4.79 Å². The van der Waals surface area contributed by atoms with Crippen molar-refractivity contribution in [2.45, 2.75) is 0 Å². The molecule has 0 saturated carbocycles. The molecule has 0 bridgehead atoms. The minimum Gasteiger partial charge on any atom is -0.497 e. The third-order valence-electron chi connectivity index (χ3n) is 4.06. The van der Waals surface area contributed by atoms with Gasteiger partial charge in [0.25, 0.3) is 5.91 Å². The maximum absolute atomic E-state index is 12.3. The van der Waals surface area contributed by atoms with Gasteiger partial charge >= 0.3 is 0 Å². The molecule has 3 N–H and O–H groups in total. The van der Waals surface area contributed by atoms with Gasteiger partial charge in [0.2, 0.25) is 5.91 Å². The molecule has 6 nitrogen and oxygen atoms in total. The van der Waals surface area contributed by atoms with Crippen molar-refractivity contribution in [2.75, 3.05) is 29.6 Å². The van der Waals surface area contributed by atoms with Crippen molar-refractivity contribution in [3.05, 3.63) is 82.8 Å². The van der Waals surface area contributed by atoms with Gasteiger partial charge in [-0.3, -0.25) is 9.59 Å². The van der Waals surface area contributed by atoms with Crippen molar-refractivity contribution in [2.24, 2.45) is 0 Å². The lowest BCUT2D eigenvalue weighted by atomic mass is 10.2. The molecular formula is C22H20BrN3O3. The van der Waals surface area contributed by atoms with Gasteiger partial charge in [-0.05, 0) is 66.7 Å². The van der Waals surface area contributed by atoms with Crippen LogP contribution in [0, 0.1) is 0 Å². The molecule has 0 aliphatic carbocycles. The summed E-state index contributed by atoms with van der Waals surface area (Å²) in [6, 6.07) is 21.4. The molecule has 0 heterocycles. The van der Waals surface area contributed by atoms with E-state index in [1.165, 1.54) is 0 Å². The maximum atomic E-state index is 12.3. The number of ether oxygens (including phenoxy) is 1. The molecule has 3 aromatic rings. The van der Waals surface area contributed by atoms with Crippen LogP contribution < -0.4 is 20.7 Å². The minimum absolute atomic E-state index is 0.115. The first kappa shape index (κ1) is 20.4. The number of hydrogen-bond acceptors (Lipinski definition) is 4. The molecule has 0 unspecified atom stereocenters. The predicted octanol–water partition coefficient (Wildman–Crippen LogP) is 4.76. The molecule has 148 valence electrons. The van der Waals surface area contributed by atoms with E-state index in [1.807, 2.05) is 24.3 Å². The Hall–Kier alpha value is -3.32. The quantitative estimate of drug-likeness (QED) is 0.481. The van der Waals surface area contributed by atoms with E-state index >= 15 is 0 Å². The number of halogens is 1. The number of methoxy groups -OCH3 is 1. The summed E-state index contributed by atoms with van der Waals surface area (Å²) in [6.45, 7) is 0.115. The summed E-state index contributed by atoms with van der Waals surface area (Å²) in [4.78, 5) is 24.4.